The first-order valence-corrected chi connectivity index (χ1v) is 6.97. The fraction of sp³-hybridized carbons (Fsp3) is 0.462. The van der Waals surface area contributed by atoms with E-state index in [0.29, 0.717) is 10.0 Å². The molecular formula is C13H16Cl3NO3. The lowest BCUT2D eigenvalue weighted by atomic mass is 10.1. The summed E-state index contributed by atoms with van der Waals surface area (Å²) in [6.45, 7) is 3.13. The molecule has 1 amide bonds. The maximum Gasteiger partial charge on any atom is 0.260 e. The molecule has 4 nitrogen and oxygen atoms in total. The molecule has 1 aromatic rings. The third-order valence-electron chi connectivity index (χ3n) is 2.99. The molecule has 0 radical (unpaired) electrons. The monoisotopic (exact) mass is 339 g/mol. The number of hydrogen-bond donors (Lipinski definition) is 1. The zero-order chi connectivity index (χ0) is 15.5. The van der Waals surface area contributed by atoms with Crippen LogP contribution in [-0.2, 0) is 4.79 Å². The highest BCUT2D eigenvalue weighted by Crippen LogP contribution is 2.33. The lowest BCUT2D eigenvalue weighted by molar-refractivity contribution is -0.138. The summed E-state index contributed by atoms with van der Waals surface area (Å²) in [5.74, 6) is -0.00388. The molecule has 0 aliphatic carbocycles. The number of hydrogen-bond acceptors (Lipinski definition) is 3. The Hall–Kier alpha value is -0.680. The van der Waals surface area contributed by atoms with Crippen LogP contribution in [0.5, 0.6) is 5.75 Å². The lowest BCUT2D eigenvalue weighted by Gasteiger charge is -2.33. The summed E-state index contributed by atoms with van der Waals surface area (Å²) in [6.07, 6.45) is 0. The van der Waals surface area contributed by atoms with Crippen LogP contribution in [0.15, 0.2) is 12.1 Å². The van der Waals surface area contributed by atoms with Crippen molar-refractivity contribution in [2.45, 2.75) is 19.4 Å². The van der Waals surface area contributed by atoms with Crippen LogP contribution >= 0.6 is 34.8 Å². The summed E-state index contributed by atoms with van der Waals surface area (Å²) in [6, 6.07) is 2.91. The average molecular weight is 341 g/mol. The van der Waals surface area contributed by atoms with E-state index in [-0.39, 0.29) is 29.9 Å². The Bertz CT molecular complexity index is 506. The van der Waals surface area contributed by atoms with Gasteiger partial charge >= 0.3 is 0 Å². The zero-order valence-electron chi connectivity index (χ0n) is 11.4. The van der Waals surface area contributed by atoms with Gasteiger partial charge in [0.15, 0.2) is 6.61 Å². The Morgan fingerprint density at radius 2 is 1.80 bits per heavy atom. The molecule has 1 N–H and O–H groups in total. The van der Waals surface area contributed by atoms with E-state index in [4.69, 9.17) is 39.5 Å². The van der Waals surface area contributed by atoms with E-state index in [2.05, 4.69) is 0 Å². The molecule has 1 aromatic carbocycles. The van der Waals surface area contributed by atoms with Gasteiger partial charge in [0.25, 0.3) is 5.91 Å². The normalized spacial score (nSPS) is 11.3. The van der Waals surface area contributed by atoms with Gasteiger partial charge in [-0.05, 0) is 19.9 Å². The van der Waals surface area contributed by atoms with Gasteiger partial charge in [-0.15, -0.1) is 0 Å². The molecule has 0 aliphatic heterocycles. The first-order valence-electron chi connectivity index (χ1n) is 5.84. The molecule has 0 atom stereocenters. The van der Waals surface area contributed by atoms with E-state index in [1.54, 1.807) is 20.9 Å². The average Bonchev–Trinajstić information content (AvgIpc) is 2.40. The van der Waals surface area contributed by atoms with Crippen molar-refractivity contribution in [1.29, 1.82) is 0 Å². The van der Waals surface area contributed by atoms with Gasteiger partial charge < -0.3 is 14.7 Å². The van der Waals surface area contributed by atoms with Crippen LogP contribution < -0.4 is 4.74 Å². The number of nitrogens with zero attached hydrogens (tertiary/aromatic N) is 1. The van der Waals surface area contributed by atoms with Crippen molar-refractivity contribution in [1.82, 2.24) is 4.90 Å². The van der Waals surface area contributed by atoms with Gasteiger partial charge in [0, 0.05) is 13.1 Å². The molecular weight excluding hydrogens is 325 g/mol. The van der Waals surface area contributed by atoms with Crippen molar-refractivity contribution in [2.24, 2.45) is 0 Å². The van der Waals surface area contributed by atoms with E-state index in [0.717, 1.165) is 0 Å². The topological polar surface area (TPSA) is 49.8 Å². The number of halogens is 3. The van der Waals surface area contributed by atoms with E-state index >= 15 is 0 Å². The molecule has 0 spiro atoms. The molecule has 1 rings (SSSR count). The minimum atomic E-state index is -0.665. The number of aliphatic hydroxyl groups is 1. The van der Waals surface area contributed by atoms with Gasteiger partial charge in [0.1, 0.15) is 5.75 Å². The highest BCUT2D eigenvalue weighted by Gasteiger charge is 2.27. The van der Waals surface area contributed by atoms with Crippen LogP contribution in [0.2, 0.25) is 15.1 Å². The van der Waals surface area contributed by atoms with Gasteiger partial charge in [-0.25, -0.2) is 0 Å². The number of aliphatic hydroxyl groups excluding tert-OH is 1. The Labute approximate surface area is 133 Å². The van der Waals surface area contributed by atoms with Crippen molar-refractivity contribution in [3.63, 3.8) is 0 Å². The highest BCUT2D eigenvalue weighted by molar-refractivity contribution is 6.43. The molecule has 20 heavy (non-hydrogen) atoms. The van der Waals surface area contributed by atoms with Crippen LogP contribution in [0.25, 0.3) is 0 Å². The summed E-state index contributed by atoms with van der Waals surface area (Å²) < 4.78 is 5.35. The van der Waals surface area contributed by atoms with Crippen molar-refractivity contribution in [2.75, 3.05) is 20.3 Å². The minimum absolute atomic E-state index is 0.150. The van der Waals surface area contributed by atoms with E-state index < -0.39 is 5.54 Å². The molecule has 0 bridgehead atoms. The van der Waals surface area contributed by atoms with Gasteiger partial charge in [-0.3, -0.25) is 4.79 Å². The summed E-state index contributed by atoms with van der Waals surface area (Å²) in [7, 11) is 1.60. The third kappa shape index (κ3) is 4.16. The number of likely N-dealkylation sites (N-methyl/N-ethyl adjacent to an activating group) is 1. The molecule has 0 saturated carbocycles. The largest absolute Gasteiger partial charge is 0.482 e. The molecule has 0 fully saturated rings. The Morgan fingerprint density at radius 1 is 1.25 bits per heavy atom. The van der Waals surface area contributed by atoms with E-state index in [1.165, 1.54) is 17.0 Å². The molecule has 0 aliphatic rings. The minimum Gasteiger partial charge on any atom is -0.482 e. The maximum atomic E-state index is 12.0. The number of amides is 1. The van der Waals surface area contributed by atoms with Crippen LogP contribution in [0.1, 0.15) is 13.8 Å². The molecule has 0 saturated heterocycles. The molecule has 0 heterocycles. The quantitative estimate of drug-likeness (QED) is 0.837. The fourth-order valence-corrected chi connectivity index (χ4v) is 1.89. The number of benzene rings is 1. The molecule has 0 unspecified atom stereocenters. The SMILES string of the molecule is CN(C(=O)COc1cc(Cl)c(Cl)cc1Cl)C(C)(C)CO. The van der Waals surface area contributed by atoms with E-state index in [9.17, 15) is 9.90 Å². The molecule has 7 heteroatoms. The van der Waals surface area contributed by atoms with Crippen LogP contribution in [0, 0.1) is 0 Å². The van der Waals surface area contributed by atoms with Gasteiger partial charge in [0.2, 0.25) is 0 Å². The molecule has 0 aromatic heterocycles. The van der Waals surface area contributed by atoms with Crippen molar-refractivity contribution in [3.8, 4) is 5.75 Å². The second kappa shape index (κ2) is 6.85. The zero-order valence-corrected chi connectivity index (χ0v) is 13.7. The van der Waals surface area contributed by atoms with Crippen molar-refractivity contribution >= 4 is 40.7 Å². The van der Waals surface area contributed by atoms with E-state index in [1.807, 2.05) is 0 Å². The Morgan fingerprint density at radius 3 is 2.35 bits per heavy atom. The highest BCUT2D eigenvalue weighted by atomic mass is 35.5. The maximum absolute atomic E-state index is 12.0. The number of carbonyl (C=O) groups is 1. The summed E-state index contributed by atoms with van der Waals surface area (Å²) in [4.78, 5) is 13.4. The van der Waals surface area contributed by atoms with Gasteiger partial charge in [0.05, 0.1) is 27.2 Å². The number of rotatable bonds is 5. The number of carbonyl (C=O) groups excluding carboxylic acids is 1. The third-order valence-corrected chi connectivity index (χ3v) is 4.01. The van der Waals surface area contributed by atoms with Crippen LogP contribution in [-0.4, -0.2) is 41.7 Å². The summed E-state index contributed by atoms with van der Waals surface area (Å²) in [5, 5.41) is 10.1. The van der Waals surface area contributed by atoms with Gasteiger partial charge in [-0.2, -0.15) is 0 Å². The summed E-state index contributed by atoms with van der Waals surface area (Å²) in [5.41, 5.74) is -0.665. The fourth-order valence-electron chi connectivity index (χ4n) is 1.29. The Kier molecular flexibility index (Phi) is 5.95. The predicted molar refractivity (Wildman–Crippen MR) is 80.9 cm³/mol. The van der Waals surface area contributed by atoms with Crippen LogP contribution in [0.4, 0.5) is 0 Å². The van der Waals surface area contributed by atoms with Crippen molar-refractivity contribution < 1.29 is 14.6 Å². The van der Waals surface area contributed by atoms with Crippen LogP contribution in [0.3, 0.4) is 0 Å². The first-order chi connectivity index (χ1) is 9.19. The summed E-state index contributed by atoms with van der Waals surface area (Å²) >= 11 is 17.6. The standard InChI is InChI=1S/C13H16Cl3NO3/c1-13(2,7-18)17(3)12(19)6-20-11-5-9(15)8(14)4-10(11)16/h4-5,18H,6-7H2,1-3H3. The Balaban J connectivity index is 2.73. The second-order valence-electron chi connectivity index (χ2n) is 4.91. The first kappa shape index (κ1) is 17.4. The molecule has 112 valence electrons. The van der Waals surface area contributed by atoms with Gasteiger partial charge in [-0.1, -0.05) is 34.8 Å². The predicted octanol–water partition coefficient (Wildman–Crippen LogP) is 3.25. The lowest BCUT2D eigenvalue weighted by Crippen LogP contribution is -2.49. The second-order valence-corrected chi connectivity index (χ2v) is 6.13. The smallest absolute Gasteiger partial charge is 0.260 e. The number of ether oxygens (including phenoxy) is 1. The van der Waals surface area contributed by atoms with Crippen molar-refractivity contribution in [3.05, 3.63) is 27.2 Å².